The molecular weight excluding hydrogens is 859 g/mol. The molecule has 0 aromatic heterocycles. The summed E-state index contributed by atoms with van der Waals surface area (Å²) in [6.07, 6.45) is -2.23. The lowest BCUT2D eigenvalue weighted by Gasteiger charge is -2.22. The van der Waals surface area contributed by atoms with Crippen LogP contribution in [0.1, 0.15) is 80.4 Å². The van der Waals surface area contributed by atoms with Crippen molar-refractivity contribution in [2.75, 3.05) is 23.0 Å². The molecule has 2 atom stereocenters. The molecule has 2 amide bonds. The van der Waals surface area contributed by atoms with E-state index in [9.17, 15) is 29.4 Å². The van der Waals surface area contributed by atoms with Crippen molar-refractivity contribution >= 4 is 58.3 Å². The van der Waals surface area contributed by atoms with Crippen molar-refractivity contribution in [3.8, 4) is 11.5 Å². The molecule has 328 valence electrons. The van der Waals surface area contributed by atoms with Gasteiger partial charge in [-0.2, -0.15) is 0 Å². The average Bonchev–Trinajstić information content (AvgIpc) is 3.73. The highest BCUT2D eigenvalue weighted by Crippen LogP contribution is 2.45. The first-order valence-corrected chi connectivity index (χ1v) is 21.2. The molecule has 2 N–H and O–H groups in total. The van der Waals surface area contributed by atoms with E-state index in [-0.39, 0.29) is 52.6 Å². The molecule has 0 saturated heterocycles. The largest absolute Gasteiger partial charge is 0.488 e. The molecule has 0 aliphatic carbocycles. The molecule has 0 radical (unpaired) electrons. The molecule has 12 nitrogen and oxygen atoms in total. The molecule has 2 aliphatic heterocycles. The molecular formula is C50H44Cl2N2O10. The molecule has 14 heteroatoms. The number of esters is 2. The molecule has 2 unspecified atom stereocenters. The smallest absolute Gasteiger partial charge is 0.310 e. The maximum atomic E-state index is 13.3. The van der Waals surface area contributed by atoms with Crippen molar-refractivity contribution in [2.24, 2.45) is 0 Å². The van der Waals surface area contributed by atoms with Gasteiger partial charge in [-0.05, 0) is 84.6 Å². The number of rotatable bonds is 14. The quantitative estimate of drug-likeness (QED) is 0.101. The fourth-order valence-electron chi connectivity index (χ4n) is 7.36. The number of ether oxygens (including phenoxy) is 4. The Morgan fingerprint density at radius 1 is 0.516 bits per heavy atom. The van der Waals surface area contributed by atoms with Gasteiger partial charge in [0.2, 0.25) is 0 Å². The number of nitrogens with zero attached hydrogens (tertiary/aromatic N) is 2. The third-order valence-corrected chi connectivity index (χ3v) is 11.0. The van der Waals surface area contributed by atoms with Crippen molar-refractivity contribution in [2.45, 2.75) is 52.4 Å². The third-order valence-electron chi connectivity index (χ3n) is 10.4. The zero-order valence-electron chi connectivity index (χ0n) is 34.9. The van der Waals surface area contributed by atoms with E-state index in [1.54, 1.807) is 86.6 Å². The Bertz CT molecular complexity index is 2570. The van der Waals surface area contributed by atoms with Crippen molar-refractivity contribution in [3.05, 3.63) is 188 Å². The highest BCUT2D eigenvalue weighted by molar-refractivity contribution is 6.35. The number of carbonyl (C=O) groups excluding carboxylic acids is 4. The summed E-state index contributed by atoms with van der Waals surface area (Å²) >= 11 is 12.7. The van der Waals surface area contributed by atoms with Crippen molar-refractivity contribution in [1.82, 2.24) is 0 Å². The van der Waals surface area contributed by atoms with Gasteiger partial charge >= 0.3 is 11.9 Å². The molecule has 6 aromatic carbocycles. The maximum Gasteiger partial charge on any atom is 0.310 e. The van der Waals surface area contributed by atoms with E-state index >= 15 is 0 Å². The minimum absolute atomic E-state index is 0.133. The van der Waals surface area contributed by atoms with Gasteiger partial charge in [-0.1, -0.05) is 108 Å². The van der Waals surface area contributed by atoms with Crippen LogP contribution in [0.3, 0.4) is 0 Å². The second-order valence-corrected chi connectivity index (χ2v) is 15.4. The first kappa shape index (κ1) is 45.3. The minimum Gasteiger partial charge on any atom is -0.488 e. The minimum atomic E-state index is -1.25. The Balaban J connectivity index is 0.000000191. The summed E-state index contributed by atoms with van der Waals surface area (Å²) < 4.78 is 21.8. The number of hydrogen-bond acceptors (Lipinski definition) is 10. The predicted molar refractivity (Wildman–Crippen MR) is 242 cm³/mol. The zero-order valence-corrected chi connectivity index (χ0v) is 36.4. The maximum absolute atomic E-state index is 13.3. The number of halogens is 2. The van der Waals surface area contributed by atoms with Gasteiger partial charge in [0.1, 0.15) is 24.7 Å². The van der Waals surface area contributed by atoms with Crippen LogP contribution in [0, 0.1) is 0 Å². The highest BCUT2D eigenvalue weighted by Gasteiger charge is 2.42. The standard InChI is InChI=1S/2C25H22ClNO5/c2*1-2-31-21(28)14-16-8-10-18(11-9-16)27-24(29)22-19(26)12-13-20(23(22)25(27)30)32-15-17-6-4-3-5-7-17/h3-13,25,30H,2,14-15H2,1H3;3-13,24,29H,2,14-15H2,1H3. The van der Waals surface area contributed by atoms with Crippen molar-refractivity contribution in [1.29, 1.82) is 0 Å². The van der Waals surface area contributed by atoms with E-state index in [0.29, 0.717) is 53.8 Å². The normalized spacial score (nSPS) is 14.9. The van der Waals surface area contributed by atoms with Gasteiger partial charge in [0, 0.05) is 22.0 Å². The van der Waals surface area contributed by atoms with Crippen LogP contribution in [-0.4, -0.2) is 47.2 Å². The van der Waals surface area contributed by atoms with Crippen molar-refractivity contribution < 1.29 is 48.3 Å². The number of amides is 2. The second kappa shape index (κ2) is 20.7. The summed E-state index contributed by atoms with van der Waals surface area (Å²) in [7, 11) is 0. The van der Waals surface area contributed by atoms with Gasteiger partial charge < -0.3 is 29.2 Å². The number of hydrogen-bond donors (Lipinski definition) is 2. The van der Waals surface area contributed by atoms with Crippen LogP contribution < -0.4 is 19.3 Å². The van der Waals surface area contributed by atoms with Gasteiger partial charge in [0.25, 0.3) is 11.8 Å². The summed E-state index contributed by atoms with van der Waals surface area (Å²) in [5.41, 5.74) is 5.50. The van der Waals surface area contributed by atoms with Gasteiger partial charge in [0.05, 0.1) is 47.8 Å². The molecule has 0 saturated carbocycles. The van der Waals surface area contributed by atoms with Gasteiger partial charge in [-0.15, -0.1) is 0 Å². The molecule has 0 spiro atoms. The monoisotopic (exact) mass is 902 g/mol. The Labute approximate surface area is 380 Å². The Kier molecular flexibility index (Phi) is 14.6. The van der Waals surface area contributed by atoms with Crippen molar-refractivity contribution in [3.63, 3.8) is 0 Å². The van der Waals surface area contributed by atoms with E-state index in [4.69, 9.17) is 42.1 Å². The predicted octanol–water partition coefficient (Wildman–Crippen LogP) is 9.35. The fraction of sp³-hybridized carbons (Fsp3) is 0.200. The van der Waals surface area contributed by atoms with Gasteiger partial charge in [-0.3, -0.25) is 29.0 Å². The number of aliphatic hydroxyl groups excluding tert-OH is 2. The number of anilines is 2. The lowest BCUT2D eigenvalue weighted by Crippen LogP contribution is -2.27. The average molecular weight is 904 g/mol. The van der Waals surface area contributed by atoms with Crippen LogP contribution >= 0.6 is 23.2 Å². The molecule has 0 bridgehead atoms. The summed E-state index contributed by atoms with van der Waals surface area (Å²) in [6, 6.07) is 39.3. The lowest BCUT2D eigenvalue weighted by molar-refractivity contribution is -0.143. The van der Waals surface area contributed by atoms with E-state index in [2.05, 4.69) is 0 Å². The van der Waals surface area contributed by atoms with E-state index in [0.717, 1.165) is 22.3 Å². The van der Waals surface area contributed by atoms with Gasteiger partial charge in [0.15, 0.2) is 12.5 Å². The van der Waals surface area contributed by atoms with Crippen LogP contribution in [0.2, 0.25) is 10.0 Å². The fourth-order valence-corrected chi connectivity index (χ4v) is 7.86. The Morgan fingerprint density at radius 2 is 0.938 bits per heavy atom. The van der Waals surface area contributed by atoms with Crippen LogP contribution in [0.25, 0.3) is 0 Å². The highest BCUT2D eigenvalue weighted by atomic mass is 35.5. The van der Waals surface area contributed by atoms with Gasteiger partial charge in [-0.25, -0.2) is 0 Å². The zero-order chi connectivity index (χ0) is 45.3. The lowest BCUT2D eigenvalue weighted by atomic mass is 10.1. The molecule has 2 heterocycles. The molecule has 2 aliphatic rings. The second-order valence-electron chi connectivity index (χ2n) is 14.6. The molecule has 0 fully saturated rings. The topological polar surface area (TPSA) is 152 Å². The van der Waals surface area contributed by atoms with Crippen LogP contribution in [0.5, 0.6) is 11.5 Å². The Morgan fingerprint density at radius 3 is 1.42 bits per heavy atom. The SMILES string of the molecule is CCOC(=O)Cc1ccc(N2C(=O)c3c(Cl)ccc(OCc4ccccc4)c3C2O)cc1.CCOC(=O)Cc1ccc(N2C(=O)c3c(OCc4ccccc4)ccc(Cl)c3C2O)cc1. The number of fused-ring (bicyclic) bond motifs is 2. The first-order valence-electron chi connectivity index (χ1n) is 20.5. The first-order chi connectivity index (χ1) is 31.0. The van der Waals surface area contributed by atoms with Crippen LogP contribution in [0.4, 0.5) is 11.4 Å². The van der Waals surface area contributed by atoms with Crippen LogP contribution in [0.15, 0.2) is 133 Å². The molecule has 8 rings (SSSR count). The summed E-state index contributed by atoms with van der Waals surface area (Å²) in [5, 5.41) is 22.5. The number of benzene rings is 6. The molecule has 6 aromatic rings. The molecule has 64 heavy (non-hydrogen) atoms. The summed E-state index contributed by atoms with van der Waals surface area (Å²) in [5.74, 6) is -0.708. The summed E-state index contributed by atoms with van der Waals surface area (Å²) in [6.45, 7) is 4.71. The number of aliphatic hydroxyl groups is 2. The number of carbonyl (C=O) groups is 4. The van der Waals surface area contributed by atoms with Crippen LogP contribution in [-0.2, 0) is 45.1 Å². The Hall–Kier alpha value is -6.70. The summed E-state index contributed by atoms with van der Waals surface area (Å²) in [4.78, 5) is 52.4. The van der Waals surface area contributed by atoms with E-state index in [1.165, 1.54) is 9.80 Å². The third kappa shape index (κ3) is 10.1. The van der Waals surface area contributed by atoms with E-state index < -0.39 is 24.3 Å². The van der Waals surface area contributed by atoms with E-state index in [1.807, 2.05) is 60.7 Å².